The lowest BCUT2D eigenvalue weighted by Crippen LogP contribution is -2.24. The number of hydrogen-bond donors (Lipinski definition) is 2. The minimum absolute atomic E-state index is 0.0760. The molecule has 0 bridgehead atoms. The highest BCUT2D eigenvalue weighted by Gasteiger charge is 2.33. The third kappa shape index (κ3) is 5.26. The van der Waals surface area contributed by atoms with E-state index in [0.717, 1.165) is 23.9 Å². The number of halogens is 4. The van der Waals surface area contributed by atoms with Crippen LogP contribution in [0.4, 0.5) is 18.9 Å². The molecule has 0 saturated heterocycles. The summed E-state index contributed by atoms with van der Waals surface area (Å²) in [4.78, 5) is 12.0. The van der Waals surface area contributed by atoms with Gasteiger partial charge in [-0.1, -0.05) is 41.9 Å². The standard InChI is InChI=1S/C18H13ClF3N3O/c19-14-6-7-16(15(8-14)18(20,21)22)24-11-13(9-23)17(26)25-10-12-4-2-1-3-5-12/h1-8,11,24H,10H2,(H,25,26)/b13-11-. The van der Waals surface area contributed by atoms with Crippen molar-refractivity contribution in [3.8, 4) is 6.07 Å². The van der Waals surface area contributed by atoms with Crippen LogP contribution in [0, 0.1) is 11.3 Å². The van der Waals surface area contributed by atoms with E-state index >= 15 is 0 Å². The Labute approximate surface area is 152 Å². The fraction of sp³-hybridized carbons (Fsp3) is 0.111. The summed E-state index contributed by atoms with van der Waals surface area (Å²) in [7, 11) is 0. The lowest BCUT2D eigenvalue weighted by molar-refractivity contribution is -0.136. The highest BCUT2D eigenvalue weighted by atomic mass is 35.5. The maximum atomic E-state index is 13.0. The molecule has 0 heterocycles. The van der Waals surface area contributed by atoms with E-state index in [1.807, 2.05) is 6.07 Å². The van der Waals surface area contributed by atoms with Gasteiger partial charge in [-0.3, -0.25) is 4.79 Å². The first-order valence-corrected chi connectivity index (χ1v) is 7.74. The van der Waals surface area contributed by atoms with Crippen molar-refractivity contribution in [2.24, 2.45) is 0 Å². The maximum Gasteiger partial charge on any atom is 0.418 e. The molecule has 1 amide bonds. The first kappa shape index (κ1) is 19.3. The van der Waals surface area contributed by atoms with E-state index in [9.17, 15) is 18.0 Å². The van der Waals surface area contributed by atoms with Crippen molar-refractivity contribution in [3.05, 3.63) is 76.5 Å². The molecular weight excluding hydrogens is 367 g/mol. The van der Waals surface area contributed by atoms with Crippen molar-refractivity contribution in [2.75, 3.05) is 5.32 Å². The summed E-state index contributed by atoms with van der Waals surface area (Å²) in [5.41, 5.74) is -0.846. The van der Waals surface area contributed by atoms with Gasteiger partial charge < -0.3 is 10.6 Å². The van der Waals surface area contributed by atoms with Crippen molar-refractivity contribution in [2.45, 2.75) is 12.7 Å². The maximum absolute atomic E-state index is 13.0. The number of anilines is 1. The highest BCUT2D eigenvalue weighted by molar-refractivity contribution is 6.30. The molecule has 0 spiro atoms. The van der Waals surface area contributed by atoms with Crippen LogP contribution in [0.1, 0.15) is 11.1 Å². The van der Waals surface area contributed by atoms with E-state index in [4.69, 9.17) is 16.9 Å². The van der Waals surface area contributed by atoms with Gasteiger partial charge in [0.25, 0.3) is 5.91 Å². The lowest BCUT2D eigenvalue weighted by Gasteiger charge is -2.13. The van der Waals surface area contributed by atoms with Crippen molar-refractivity contribution in [1.82, 2.24) is 5.32 Å². The summed E-state index contributed by atoms with van der Waals surface area (Å²) < 4.78 is 39.1. The van der Waals surface area contributed by atoms with Crippen molar-refractivity contribution < 1.29 is 18.0 Å². The summed E-state index contributed by atoms with van der Waals surface area (Å²) in [5.74, 6) is -0.702. The van der Waals surface area contributed by atoms with Gasteiger partial charge in [-0.25, -0.2) is 0 Å². The monoisotopic (exact) mass is 379 g/mol. The second-order valence-corrected chi connectivity index (χ2v) is 5.61. The number of benzene rings is 2. The van der Waals surface area contributed by atoms with Gasteiger partial charge in [0.15, 0.2) is 0 Å². The number of hydrogen-bond acceptors (Lipinski definition) is 3. The molecule has 8 heteroatoms. The van der Waals surface area contributed by atoms with Gasteiger partial charge in [0.2, 0.25) is 0 Å². The number of nitrogens with one attached hydrogen (secondary N) is 2. The lowest BCUT2D eigenvalue weighted by atomic mass is 10.1. The molecular formula is C18H13ClF3N3O. The zero-order valence-corrected chi connectivity index (χ0v) is 14.0. The predicted molar refractivity (Wildman–Crippen MR) is 92.1 cm³/mol. The quantitative estimate of drug-likeness (QED) is 0.594. The third-order valence-corrected chi connectivity index (χ3v) is 3.56. The fourth-order valence-electron chi connectivity index (χ4n) is 2.05. The summed E-state index contributed by atoms with van der Waals surface area (Å²) in [6.07, 6.45) is -3.71. The molecule has 0 aliphatic carbocycles. The summed E-state index contributed by atoms with van der Waals surface area (Å²) >= 11 is 5.60. The Bertz CT molecular complexity index is 858. The van der Waals surface area contributed by atoms with Gasteiger partial charge in [0.1, 0.15) is 11.6 Å². The van der Waals surface area contributed by atoms with Crippen LogP contribution in [-0.2, 0) is 17.5 Å². The summed E-state index contributed by atoms with van der Waals surface area (Å²) in [5, 5.41) is 13.9. The molecule has 0 radical (unpaired) electrons. The number of nitriles is 1. The molecule has 0 aliphatic rings. The Morgan fingerprint density at radius 3 is 2.50 bits per heavy atom. The van der Waals surface area contributed by atoms with E-state index < -0.39 is 17.6 Å². The summed E-state index contributed by atoms with van der Waals surface area (Å²) in [6, 6.07) is 13.8. The van der Waals surface area contributed by atoms with Crippen molar-refractivity contribution in [3.63, 3.8) is 0 Å². The number of carbonyl (C=O) groups is 1. The van der Waals surface area contributed by atoms with Crippen LogP contribution in [0.15, 0.2) is 60.3 Å². The first-order chi connectivity index (χ1) is 12.3. The van der Waals surface area contributed by atoms with E-state index in [2.05, 4.69) is 10.6 Å². The van der Waals surface area contributed by atoms with Crippen LogP contribution in [0.5, 0.6) is 0 Å². The normalized spacial score (nSPS) is 11.6. The third-order valence-electron chi connectivity index (χ3n) is 3.32. The zero-order valence-electron chi connectivity index (χ0n) is 13.3. The minimum atomic E-state index is -4.64. The number of rotatable bonds is 5. The topological polar surface area (TPSA) is 64.9 Å². The van der Waals surface area contributed by atoms with Crippen molar-refractivity contribution >= 4 is 23.2 Å². The Morgan fingerprint density at radius 2 is 1.88 bits per heavy atom. The zero-order chi connectivity index (χ0) is 19.2. The molecule has 2 aromatic rings. The second-order valence-electron chi connectivity index (χ2n) is 5.17. The Morgan fingerprint density at radius 1 is 1.19 bits per heavy atom. The SMILES string of the molecule is N#C/C(=C/Nc1ccc(Cl)cc1C(F)(F)F)C(=O)NCc1ccccc1. The van der Waals surface area contributed by atoms with E-state index in [1.54, 1.807) is 30.3 Å². The largest absolute Gasteiger partial charge is 0.418 e. The molecule has 26 heavy (non-hydrogen) atoms. The molecule has 2 aromatic carbocycles. The molecule has 0 aromatic heterocycles. The molecule has 0 atom stereocenters. The average Bonchev–Trinajstić information content (AvgIpc) is 2.61. The minimum Gasteiger partial charge on any atom is -0.360 e. The molecule has 134 valence electrons. The number of alkyl halides is 3. The molecule has 4 nitrogen and oxygen atoms in total. The van der Waals surface area contributed by atoms with E-state index in [0.29, 0.717) is 0 Å². The van der Waals surface area contributed by atoms with Crippen molar-refractivity contribution in [1.29, 1.82) is 5.26 Å². The van der Waals surface area contributed by atoms with Gasteiger partial charge in [0, 0.05) is 17.8 Å². The molecule has 0 saturated carbocycles. The Balaban J connectivity index is 2.12. The van der Waals surface area contributed by atoms with E-state index in [-0.39, 0.29) is 22.8 Å². The van der Waals surface area contributed by atoms with Gasteiger partial charge in [-0.2, -0.15) is 18.4 Å². The molecule has 2 N–H and O–H groups in total. The van der Waals surface area contributed by atoms with E-state index in [1.165, 1.54) is 6.07 Å². The van der Waals surface area contributed by atoms with Gasteiger partial charge in [-0.05, 0) is 23.8 Å². The van der Waals surface area contributed by atoms with Gasteiger partial charge >= 0.3 is 6.18 Å². The molecule has 0 fully saturated rings. The average molecular weight is 380 g/mol. The van der Waals surface area contributed by atoms with Crippen LogP contribution < -0.4 is 10.6 Å². The number of amides is 1. The predicted octanol–water partition coefficient (Wildman–Crippen LogP) is 4.49. The number of carbonyl (C=O) groups excluding carboxylic acids is 1. The molecule has 2 rings (SSSR count). The summed E-state index contributed by atoms with van der Waals surface area (Å²) in [6.45, 7) is 0.188. The Hall–Kier alpha value is -2.98. The van der Waals surface area contributed by atoms with Crippen LogP contribution in [0.25, 0.3) is 0 Å². The fourth-order valence-corrected chi connectivity index (χ4v) is 2.22. The first-order valence-electron chi connectivity index (χ1n) is 7.37. The molecule has 0 aliphatic heterocycles. The Kier molecular flexibility index (Phi) is 6.26. The molecule has 0 unspecified atom stereocenters. The van der Waals surface area contributed by atoms with Gasteiger partial charge in [-0.15, -0.1) is 0 Å². The second kappa shape index (κ2) is 8.41. The van der Waals surface area contributed by atoms with Crippen LogP contribution in [0.3, 0.4) is 0 Å². The van der Waals surface area contributed by atoms with Crippen LogP contribution in [-0.4, -0.2) is 5.91 Å². The van der Waals surface area contributed by atoms with Crippen LogP contribution >= 0.6 is 11.6 Å². The van der Waals surface area contributed by atoms with Crippen LogP contribution in [0.2, 0.25) is 5.02 Å². The van der Waals surface area contributed by atoms with Gasteiger partial charge in [0.05, 0.1) is 11.3 Å². The number of nitrogens with zero attached hydrogens (tertiary/aromatic N) is 1. The highest BCUT2D eigenvalue weighted by Crippen LogP contribution is 2.36. The smallest absolute Gasteiger partial charge is 0.360 e.